The van der Waals surface area contributed by atoms with Crippen LogP contribution in [0.3, 0.4) is 0 Å². The SMILES string of the molecule is COc1ccc(CC/C=C(\C)[C@H](O)[C@H](C)/C=C/CCCC/C=C(\C)C(=O)N2CCOCC2)cc1OC. The van der Waals surface area contributed by atoms with E-state index in [4.69, 9.17) is 14.2 Å². The fraction of sp³-hybridized carbons (Fsp3) is 0.567. The molecular weight excluding hydrogens is 454 g/mol. The summed E-state index contributed by atoms with van der Waals surface area (Å²) in [4.78, 5) is 14.3. The number of nitrogens with zero attached hydrogens (tertiary/aromatic N) is 1. The third kappa shape index (κ3) is 9.82. The fourth-order valence-corrected chi connectivity index (χ4v) is 4.28. The van der Waals surface area contributed by atoms with Crippen LogP contribution in [0.25, 0.3) is 0 Å². The number of hydrogen-bond donors (Lipinski definition) is 1. The van der Waals surface area contributed by atoms with E-state index in [-0.39, 0.29) is 11.8 Å². The molecule has 0 aliphatic carbocycles. The van der Waals surface area contributed by atoms with Crippen LogP contribution in [0, 0.1) is 5.92 Å². The van der Waals surface area contributed by atoms with Crippen LogP contribution in [0.5, 0.6) is 11.5 Å². The number of methoxy groups -OCH3 is 2. The fourth-order valence-electron chi connectivity index (χ4n) is 4.28. The molecule has 0 bridgehead atoms. The standard InChI is InChI=1S/C30H45NO5/c1-23(12-9-7-6-8-10-13-25(3)30(33)31-18-20-36-21-19-31)29(32)24(2)14-11-15-26-16-17-27(34-4)28(22-26)35-5/h9,12-14,16-17,22-23,29,32H,6-8,10-11,15,18-21H2,1-5H3/b12-9+,24-14+,25-13+/t23-,29-/m1/s1. The number of aliphatic hydroxyl groups excluding tert-OH is 1. The van der Waals surface area contributed by atoms with Gasteiger partial charge in [-0.05, 0) is 75.6 Å². The van der Waals surface area contributed by atoms with Crippen LogP contribution in [-0.2, 0) is 16.0 Å². The highest BCUT2D eigenvalue weighted by molar-refractivity contribution is 5.92. The Balaban J connectivity index is 1.67. The summed E-state index contributed by atoms with van der Waals surface area (Å²) in [6, 6.07) is 5.98. The second-order valence-corrected chi connectivity index (χ2v) is 9.48. The predicted octanol–water partition coefficient (Wildman–Crippen LogP) is 5.50. The lowest BCUT2D eigenvalue weighted by Gasteiger charge is -2.27. The number of hydrogen-bond acceptors (Lipinski definition) is 5. The Bertz CT molecular complexity index is 899. The van der Waals surface area contributed by atoms with Gasteiger partial charge in [-0.3, -0.25) is 4.79 Å². The molecule has 36 heavy (non-hydrogen) atoms. The molecule has 1 saturated heterocycles. The number of amides is 1. The monoisotopic (exact) mass is 499 g/mol. The molecule has 0 radical (unpaired) electrons. The van der Waals surface area contributed by atoms with E-state index in [0.29, 0.717) is 26.3 Å². The van der Waals surface area contributed by atoms with Gasteiger partial charge in [-0.15, -0.1) is 0 Å². The summed E-state index contributed by atoms with van der Waals surface area (Å²) in [7, 11) is 3.28. The Morgan fingerprint density at radius 3 is 2.44 bits per heavy atom. The van der Waals surface area contributed by atoms with E-state index < -0.39 is 6.10 Å². The van der Waals surface area contributed by atoms with Crippen molar-refractivity contribution < 1.29 is 24.1 Å². The van der Waals surface area contributed by atoms with Gasteiger partial charge in [0, 0.05) is 24.6 Å². The Hall–Kier alpha value is -2.57. The third-order valence-corrected chi connectivity index (χ3v) is 6.66. The molecule has 200 valence electrons. The van der Waals surface area contributed by atoms with Crippen LogP contribution in [0.1, 0.15) is 58.4 Å². The number of morpholine rings is 1. The molecule has 1 aliphatic heterocycles. The first-order valence-corrected chi connectivity index (χ1v) is 13.1. The molecule has 0 unspecified atom stereocenters. The summed E-state index contributed by atoms with van der Waals surface area (Å²) in [6.07, 6.45) is 13.7. The van der Waals surface area contributed by atoms with Crippen molar-refractivity contribution in [3.05, 3.63) is 59.2 Å². The first-order chi connectivity index (χ1) is 17.4. The highest BCUT2D eigenvalue weighted by Gasteiger charge is 2.17. The van der Waals surface area contributed by atoms with Gasteiger partial charge < -0.3 is 24.2 Å². The van der Waals surface area contributed by atoms with Crippen molar-refractivity contribution >= 4 is 5.91 Å². The zero-order valence-electron chi connectivity index (χ0n) is 22.8. The van der Waals surface area contributed by atoms with Crippen molar-refractivity contribution in [3.8, 4) is 11.5 Å². The van der Waals surface area contributed by atoms with Crippen LogP contribution in [0.4, 0.5) is 0 Å². The molecule has 1 aliphatic rings. The summed E-state index contributed by atoms with van der Waals surface area (Å²) >= 11 is 0. The topological polar surface area (TPSA) is 68.2 Å². The minimum absolute atomic E-state index is 0.0654. The van der Waals surface area contributed by atoms with Gasteiger partial charge in [0.15, 0.2) is 11.5 Å². The Kier molecular flexibility index (Phi) is 13.4. The summed E-state index contributed by atoms with van der Waals surface area (Å²) in [5.74, 6) is 1.67. The Morgan fingerprint density at radius 1 is 1.06 bits per heavy atom. The second kappa shape index (κ2) is 16.2. The van der Waals surface area contributed by atoms with Gasteiger partial charge >= 0.3 is 0 Å². The minimum atomic E-state index is -0.483. The Morgan fingerprint density at radius 2 is 1.75 bits per heavy atom. The molecule has 1 aromatic rings. The maximum Gasteiger partial charge on any atom is 0.249 e. The lowest BCUT2D eigenvalue weighted by Crippen LogP contribution is -2.41. The van der Waals surface area contributed by atoms with Crippen molar-refractivity contribution in [2.45, 2.75) is 65.4 Å². The maximum atomic E-state index is 12.4. The first kappa shape index (κ1) is 29.7. The van der Waals surface area contributed by atoms with E-state index in [1.165, 1.54) is 5.56 Å². The highest BCUT2D eigenvalue weighted by Crippen LogP contribution is 2.28. The number of ether oxygens (including phenoxy) is 3. The van der Waals surface area contributed by atoms with Crippen LogP contribution in [0.15, 0.2) is 53.6 Å². The van der Waals surface area contributed by atoms with E-state index in [2.05, 4.69) is 31.2 Å². The summed E-state index contributed by atoms with van der Waals surface area (Å²) in [5.41, 5.74) is 3.00. The molecule has 0 aromatic heterocycles. The summed E-state index contributed by atoms with van der Waals surface area (Å²) < 4.78 is 16.0. The van der Waals surface area contributed by atoms with E-state index in [9.17, 15) is 9.90 Å². The molecule has 6 heteroatoms. The van der Waals surface area contributed by atoms with Crippen molar-refractivity contribution in [3.63, 3.8) is 0 Å². The number of allylic oxidation sites excluding steroid dienone is 3. The van der Waals surface area contributed by atoms with Gasteiger partial charge in [-0.2, -0.15) is 0 Å². The second-order valence-electron chi connectivity index (χ2n) is 9.48. The van der Waals surface area contributed by atoms with E-state index in [1.54, 1.807) is 14.2 Å². The smallest absolute Gasteiger partial charge is 0.249 e. The van der Waals surface area contributed by atoms with Crippen molar-refractivity contribution in [2.75, 3.05) is 40.5 Å². The molecule has 0 saturated carbocycles. The van der Waals surface area contributed by atoms with Crippen molar-refractivity contribution in [2.24, 2.45) is 5.92 Å². The number of unbranched alkanes of at least 4 members (excludes halogenated alkanes) is 3. The number of benzene rings is 1. The average molecular weight is 500 g/mol. The molecule has 1 aromatic carbocycles. The van der Waals surface area contributed by atoms with Gasteiger partial charge in [-0.1, -0.05) is 37.3 Å². The molecule has 2 rings (SSSR count). The number of rotatable bonds is 14. The van der Waals surface area contributed by atoms with E-state index in [1.807, 2.05) is 36.9 Å². The molecule has 1 fully saturated rings. The summed E-state index contributed by atoms with van der Waals surface area (Å²) in [6.45, 7) is 8.59. The third-order valence-electron chi connectivity index (χ3n) is 6.66. The molecule has 0 spiro atoms. The Labute approximate surface area is 217 Å². The number of aryl methyl sites for hydroxylation is 1. The van der Waals surface area contributed by atoms with Gasteiger partial charge in [0.1, 0.15) is 0 Å². The molecule has 1 amide bonds. The number of carbonyl (C=O) groups is 1. The number of carbonyl (C=O) groups excluding carboxylic acids is 1. The molecule has 1 heterocycles. The summed E-state index contributed by atoms with van der Waals surface area (Å²) in [5, 5.41) is 10.7. The molecule has 1 N–H and O–H groups in total. The van der Waals surface area contributed by atoms with Gasteiger partial charge in [0.25, 0.3) is 0 Å². The van der Waals surface area contributed by atoms with Crippen LogP contribution < -0.4 is 9.47 Å². The van der Waals surface area contributed by atoms with Crippen LogP contribution >= 0.6 is 0 Å². The van der Waals surface area contributed by atoms with Crippen LogP contribution in [0.2, 0.25) is 0 Å². The lowest BCUT2D eigenvalue weighted by atomic mass is 9.96. The van der Waals surface area contributed by atoms with E-state index in [0.717, 1.165) is 61.2 Å². The van der Waals surface area contributed by atoms with Crippen molar-refractivity contribution in [1.82, 2.24) is 4.90 Å². The predicted molar refractivity (Wildman–Crippen MR) is 146 cm³/mol. The molecule has 6 nitrogen and oxygen atoms in total. The zero-order chi connectivity index (χ0) is 26.3. The maximum absolute atomic E-state index is 12.4. The van der Waals surface area contributed by atoms with E-state index >= 15 is 0 Å². The average Bonchev–Trinajstić information content (AvgIpc) is 2.91. The normalized spacial score (nSPS) is 16.8. The van der Waals surface area contributed by atoms with Gasteiger partial charge in [0.05, 0.1) is 33.5 Å². The van der Waals surface area contributed by atoms with Gasteiger partial charge in [-0.25, -0.2) is 0 Å². The molecular formula is C30H45NO5. The minimum Gasteiger partial charge on any atom is -0.493 e. The van der Waals surface area contributed by atoms with Gasteiger partial charge in [0.2, 0.25) is 5.91 Å². The largest absolute Gasteiger partial charge is 0.493 e. The highest BCUT2D eigenvalue weighted by atomic mass is 16.5. The first-order valence-electron chi connectivity index (χ1n) is 13.1. The van der Waals surface area contributed by atoms with Crippen LogP contribution in [-0.4, -0.2) is 62.5 Å². The van der Waals surface area contributed by atoms with Crippen molar-refractivity contribution in [1.29, 1.82) is 0 Å². The quantitative estimate of drug-likeness (QED) is 0.208. The molecule has 2 atom stereocenters. The zero-order valence-corrected chi connectivity index (χ0v) is 22.8. The number of aliphatic hydroxyl groups is 1. The lowest BCUT2D eigenvalue weighted by molar-refractivity contribution is -0.131.